The Morgan fingerprint density at radius 2 is 1.00 bits per heavy atom. The van der Waals surface area contributed by atoms with Crippen LogP contribution in [0, 0.1) is 0 Å². The van der Waals surface area contributed by atoms with E-state index in [4.69, 9.17) is 19.8 Å². The number of hydrogen-bond acceptors (Lipinski definition) is 4. The fraction of sp³-hybridized carbons (Fsp3) is 0. The van der Waals surface area contributed by atoms with E-state index in [9.17, 15) is 0 Å². The summed E-state index contributed by atoms with van der Waals surface area (Å²) in [4.78, 5) is 17.3. The standard InChI is InChI=1S/2CHClO2.Mg/c2*2-1(3)4;/h2*(H,3,4);/q;;+2/p-2. The van der Waals surface area contributed by atoms with Gasteiger partial charge in [-0.3, -0.25) is 0 Å². The normalized spacial score (nSPS) is 5.56. The van der Waals surface area contributed by atoms with E-state index in [0.29, 0.717) is 0 Å². The second-order valence-corrected chi connectivity index (χ2v) is 1.09. The third-order valence-corrected chi connectivity index (χ3v) is 0. The van der Waals surface area contributed by atoms with E-state index in [2.05, 4.69) is 23.2 Å². The van der Waals surface area contributed by atoms with E-state index < -0.39 is 10.9 Å². The van der Waals surface area contributed by atoms with Crippen LogP contribution in [0.15, 0.2) is 0 Å². The molecule has 0 radical (unpaired) electrons. The van der Waals surface area contributed by atoms with Crippen molar-refractivity contribution in [3.8, 4) is 0 Å². The average molecular weight is 183 g/mol. The topological polar surface area (TPSA) is 80.3 Å². The summed E-state index contributed by atoms with van der Waals surface area (Å²) in [7, 11) is 0. The predicted molar refractivity (Wildman–Crippen MR) is 28.3 cm³/mol. The number of rotatable bonds is 0. The van der Waals surface area contributed by atoms with Crippen LogP contribution in [0.2, 0.25) is 0 Å². The molecule has 0 fully saturated rings. The Morgan fingerprint density at radius 3 is 1.00 bits per heavy atom. The Balaban J connectivity index is -0.0000000720. The minimum atomic E-state index is -1.61. The molecule has 0 atom stereocenters. The van der Waals surface area contributed by atoms with Gasteiger partial charge < -0.3 is 19.8 Å². The quantitative estimate of drug-likeness (QED) is 0.347. The molecule has 0 saturated heterocycles. The maximum atomic E-state index is 8.65. The maximum absolute atomic E-state index is 8.65. The van der Waals surface area contributed by atoms with Gasteiger partial charge in [0.15, 0.2) is 0 Å². The first-order chi connectivity index (χ1) is 3.46. The van der Waals surface area contributed by atoms with Crippen molar-refractivity contribution in [2.45, 2.75) is 0 Å². The number of carbonyl (C=O) groups excluding carboxylic acids is 2. The molecule has 0 aliphatic heterocycles. The van der Waals surface area contributed by atoms with Crippen molar-refractivity contribution < 1.29 is 19.8 Å². The van der Waals surface area contributed by atoms with Crippen molar-refractivity contribution in [2.75, 3.05) is 0 Å². The van der Waals surface area contributed by atoms with Gasteiger partial charge in [0.1, 0.15) is 10.9 Å². The molecule has 0 saturated carbocycles. The van der Waals surface area contributed by atoms with E-state index in [1.54, 1.807) is 0 Å². The molecular weight excluding hydrogens is 183 g/mol. The zero-order valence-electron chi connectivity index (χ0n) is 4.10. The fourth-order valence-corrected chi connectivity index (χ4v) is 0. The summed E-state index contributed by atoms with van der Waals surface area (Å²) >= 11 is 8.16. The molecule has 0 amide bonds. The smallest absolute Gasteiger partial charge is 0.534 e. The first-order valence-electron chi connectivity index (χ1n) is 1.19. The molecule has 48 valence electrons. The molecule has 0 spiro atoms. The summed E-state index contributed by atoms with van der Waals surface area (Å²) in [5.41, 5.74) is -3.22. The van der Waals surface area contributed by atoms with Crippen LogP contribution in [0.3, 0.4) is 0 Å². The third-order valence-electron chi connectivity index (χ3n) is 0. The zero-order valence-corrected chi connectivity index (χ0v) is 7.02. The van der Waals surface area contributed by atoms with Crippen LogP contribution in [0.25, 0.3) is 0 Å². The SMILES string of the molecule is O=C([O-])Cl.O=C([O-])Cl.[Mg+2]. The van der Waals surface area contributed by atoms with Crippen LogP contribution in [0.4, 0.5) is 9.59 Å². The summed E-state index contributed by atoms with van der Waals surface area (Å²) in [5.74, 6) is 0. The molecule has 7 heteroatoms. The van der Waals surface area contributed by atoms with Crippen LogP contribution in [-0.4, -0.2) is 33.9 Å². The molecule has 0 aromatic rings. The van der Waals surface area contributed by atoms with Crippen LogP contribution >= 0.6 is 23.2 Å². The van der Waals surface area contributed by atoms with Gasteiger partial charge in [-0.1, -0.05) is 23.2 Å². The van der Waals surface area contributed by atoms with Crippen molar-refractivity contribution in [1.82, 2.24) is 0 Å². The molecule has 0 aromatic heterocycles. The molecule has 0 aliphatic rings. The maximum Gasteiger partial charge on any atom is 2.00 e. The Kier molecular flexibility index (Phi) is 20.0. The minimum Gasteiger partial charge on any atom is -0.534 e. The van der Waals surface area contributed by atoms with Gasteiger partial charge in [0.05, 0.1) is 0 Å². The molecule has 0 aromatic carbocycles. The van der Waals surface area contributed by atoms with Crippen molar-refractivity contribution in [3.63, 3.8) is 0 Å². The van der Waals surface area contributed by atoms with Gasteiger partial charge >= 0.3 is 23.1 Å². The van der Waals surface area contributed by atoms with Gasteiger partial charge in [0, 0.05) is 0 Å². The summed E-state index contributed by atoms with van der Waals surface area (Å²) in [5, 5.41) is 17.3. The summed E-state index contributed by atoms with van der Waals surface area (Å²) < 4.78 is 0. The predicted octanol–water partition coefficient (Wildman–Crippen LogP) is -1.24. The van der Waals surface area contributed by atoms with Crippen LogP contribution in [-0.2, 0) is 0 Å². The fourth-order valence-electron chi connectivity index (χ4n) is 0. The first kappa shape index (κ1) is 16.1. The van der Waals surface area contributed by atoms with Crippen molar-refractivity contribution >= 4 is 57.1 Å². The Morgan fingerprint density at radius 1 is 1.00 bits per heavy atom. The minimum absolute atomic E-state index is 0. The monoisotopic (exact) mass is 182 g/mol. The van der Waals surface area contributed by atoms with Crippen LogP contribution in [0.1, 0.15) is 0 Å². The average Bonchev–Trinajstić information content (AvgIpc) is 1.25. The molecule has 0 bridgehead atoms. The van der Waals surface area contributed by atoms with Gasteiger partial charge in [0.2, 0.25) is 0 Å². The van der Waals surface area contributed by atoms with Crippen LogP contribution < -0.4 is 10.2 Å². The van der Waals surface area contributed by atoms with Crippen molar-refractivity contribution in [3.05, 3.63) is 0 Å². The van der Waals surface area contributed by atoms with E-state index in [1.165, 1.54) is 0 Å². The van der Waals surface area contributed by atoms with Crippen LogP contribution in [0.5, 0.6) is 0 Å². The van der Waals surface area contributed by atoms with Crippen molar-refractivity contribution in [2.24, 2.45) is 0 Å². The molecule has 9 heavy (non-hydrogen) atoms. The Bertz CT molecular complexity index is 74.6. The number of hydrogen-bond donors (Lipinski definition) is 0. The molecular formula is C2Cl2MgO4. The van der Waals surface area contributed by atoms with Crippen molar-refractivity contribution in [1.29, 1.82) is 0 Å². The van der Waals surface area contributed by atoms with Gasteiger partial charge in [-0.2, -0.15) is 0 Å². The van der Waals surface area contributed by atoms with Gasteiger partial charge in [-0.05, 0) is 0 Å². The zero-order chi connectivity index (χ0) is 7.15. The first-order valence-corrected chi connectivity index (χ1v) is 1.95. The summed E-state index contributed by atoms with van der Waals surface area (Å²) in [6.45, 7) is 0. The number of carbonyl (C=O) groups is 2. The van der Waals surface area contributed by atoms with Gasteiger partial charge in [0.25, 0.3) is 0 Å². The summed E-state index contributed by atoms with van der Waals surface area (Å²) in [6, 6.07) is 0. The van der Waals surface area contributed by atoms with E-state index >= 15 is 0 Å². The summed E-state index contributed by atoms with van der Waals surface area (Å²) in [6.07, 6.45) is 0. The van der Waals surface area contributed by atoms with Gasteiger partial charge in [-0.15, -0.1) is 0 Å². The third kappa shape index (κ3) is 4000. The molecule has 4 nitrogen and oxygen atoms in total. The molecule has 0 heterocycles. The largest absolute Gasteiger partial charge is 2.00 e. The molecule has 0 N–H and O–H groups in total. The number of carboxylic acid groups (broad SMARTS) is 2. The Labute approximate surface area is 76.9 Å². The van der Waals surface area contributed by atoms with E-state index in [-0.39, 0.29) is 23.1 Å². The molecule has 0 aliphatic carbocycles. The molecule has 0 unspecified atom stereocenters. The second-order valence-electron chi connectivity index (χ2n) is 0.475. The van der Waals surface area contributed by atoms with E-state index in [0.717, 1.165) is 0 Å². The van der Waals surface area contributed by atoms with E-state index in [1.807, 2.05) is 0 Å². The number of halogens is 2. The van der Waals surface area contributed by atoms with Gasteiger partial charge in [-0.25, -0.2) is 0 Å². The Hall–Kier alpha value is 0.286. The second kappa shape index (κ2) is 11.1. The molecule has 0 rings (SSSR count).